The molecule has 8 aromatic rings. The number of furan rings is 1. The van der Waals surface area contributed by atoms with E-state index in [1.165, 1.54) is 25.7 Å². The molecule has 0 radical (unpaired) electrons. The van der Waals surface area contributed by atoms with Gasteiger partial charge in [-0.3, -0.25) is 0 Å². The third-order valence-corrected chi connectivity index (χ3v) is 8.85. The van der Waals surface area contributed by atoms with E-state index in [0.29, 0.717) is 5.69 Å². The molecule has 0 aliphatic heterocycles. The van der Waals surface area contributed by atoms with Crippen molar-refractivity contribution in [2.45, 2.75) is 0 Å². The van der Waals surface area contributed by atoms with Gasteiger partial charge in [-0.2, -0.15) is 0 Å². The van der Waals surface area contributed by atoms with E-state index in [2.05, 4.69) is 95.8 Å². The molecule has 2 aromatic heterocycles. The highest BCUT2D eigenvalue weighted by molar-refractivity contribution is 7.25. The van der Waals surface area contributed by atoms with Crippen LogP contribution >= 0.6 is 11.3 Å². The molecule has 0 fully saturated rings. The summed E-state index contributed by atoms with van der Waals surface area (Å²) in [6.07, 6.45) is 0. The first-order valence-corrected chi connectivity index (χ1v) is 14.0. The molecular weight excluding hydrogens is 506 g/mol. The Balaban J connectivity index is 1.38. The smallest absolute Gasteiger partial charge is 0.187 e. The summed E-state index contributed by atoms with van der Waals surface area (Å²) >= 11 is 1.84. The minimum Gasteiger partial charge on any atom is -0.456 e. The molecule has 0 aliphatic carbocycles. The van der Waals surface area contributed by atoms with Gasteiger partial charge in [-0.15, -0.1) is 11.3 Å². The highest BCUT2D eigenvalue weighted by Crippen LogP contribution is 2.43. The molecule has 0 aliphatic rings. The van der Waals surface area contributed by atoms with Crippen molar-refractivity contribution in [2.24, 2.45) is 0 Å². The second kappa shape index (κ2) is 8.95. The molecule has 6 aromatic carbocycles. The van der Waals surface area contributed by atoms with Crippen LogP contribution in [-0.4, -0.2) is 0 Å². The van der Waals surface area contributed by atoms with Crippen molar-refractivity contribution in [3.05, 3.63) is 139 Å². The van der Waals surface area contributed by atoms with E-state index in [4.69, 9.17) is 11.0 Å². The predicted octanol–water partition coefficient (Wildman–Crippen LogP) is 11.5. The van der Waals surface area contributed by atoms with Gasteiger partial charge in [0.15, 0.2) is 5.69 Å². The summed E-state index contributed by atoms with van der Waals surface area (Å²) < 4.78 is 8.81. The minimum absolute atomic E-state index is 0.632. The van der Waals surface area contributed by atoms with Gasteiger partial charge in [-0.1, -0.05) is 84.9 Å². The summed E-state index contributed by atoms with van der Waals surface area (Å²) in [7, 11) is 0. The standard InChI is InChI=1S/C37H21NOS/c1-38-26-9-6-8-23(20-26)32-21-24(28-12-7-15-36-37(28)31-11-3-5-14-35(31)40-36)16-18-27(32)25-17-19-30-29-10-2-4-13-33(29)39-34(30)22-25/h2-22H. The average molecular weight is 528 g/mol. The quantitative estimate of drug-likeness (QED) is 0.209. The van der Waals surface area contributed by atoms with Gasteiger partial charge in [0.2, 0.25) is 0 Å². The van der Waals surface area contributed by atoms with Gasteiger partial charge in [0.05, 0.1) is 6.57 Å². The summed E-state index contributed by atoms with van der Waals surface area (Å²) in [5, 5.41) is 4.82. The molecule has 0 amide bonds. The van der Waals surface area contributed by atoms with E-state index < -0.39 is 0 Å². The van der Waals surface area contributed by atoms with E-state index >= 15 is 0 Å². The van der Waals surface area contributed by atoms with E-state index in [-0.39, 0.29) is 0 Å². The van der Waals surface area contributed by atoms with Gasteiger partial charge in [0.25, 0.3) is 0 Å². The van der Waals surface area contributed by atoms with Crippen LogP contribution in [0.3, 0.4) is 0 Å². The number of hydrogen-bond acceptors (Lipinski definition) is 2. The Morgan fingerprint density at radius 1 is 0.500 bits per heavy atom. The fourth-order valence-electron chi connectivity index (χ4n) is 5.85. The second-order valence-corrected chi connectivity index (χ2v) is 11.1. The van der Waals surface area contributed by atoms with Crippen LogP contribution in [0.15, 0.2) is 132 Å². The summed E-state index contributed by atoms with van der Waals surface area (Å²) in [4.78, 5) is 3.71. The molecule has 0 N–H and O–H groups in total. The van der Waals surface area contributed by atoms with Gasteiger partial charge in [-0.05, 0) is 75.8 Å². The molecule has 3 heteroatoms. The normalized spacial score (nSPS) is 11.5. The van der Waals surface area contributed by atoms with Crippen molar-refractivity contribution in [1.29, 1.82) is 0 Å². The van der Waals surface area contributed by atoms with Crippen molar-refractivity contribution in [2.75, 3.05) is 0 Å². The van der Waals surface area contributed by atoms with Crippen molar-refractivity contribution >= 4 is 59.1 Å². The summed E-state index contributed by atoms with van der Waals surface area (Å²) in [6, 6.07) is 44.5. The Hall–Kier alpha value is -5.17. The maximum absolute atomic E-state index is 7.60. The van der Waals surface area contributed by atoms with Crippen LogP contribution in [0.2, 0.25) is 0 Å². The van der Waals surface area contributed by atoms with Crippen LogP contribution < -0.4 is 0 Å². The zero-order valence-corrected chi connectivity index (χ0v) is 22.2. The lowest BCUT2D eigenvalue weighted by atomic mass is 9.89. The molecule has 186 valence electrons. The number of benzene rings is 6. The largest absolute Gasteiger partial charge is 0.456 e. The van der Waals surface area contributed by atoms with E-state index in [1.807, 2.05) is 47.7 Å². The van der Waals surface area contributed by atoms with Crippen LogP contribution in [0.25, 0.3) is 80.3 Å². The van der Waals surface area contributed by atoms with Crippen LogP contribution in [0.5, 0.6) is 0 Å². The van der Waals surface area contributed by atoms with Crippen molar-refractivity contribution in [3.8, 4) is 33.4 Å². The second-order valence-electron chi connectivity index (χ2n) is 10.0. The monoisotopic (exact) mass is 527 g/mol. The zero-order valence-electron chi connectivity index (χ0n) is 21.4. The SMILES string of the molecule is [C-]#[N+]c1cccc(-c2cc(-c3cccc4sc5ccccc5c34)ccc2-c2ccc3c(c2)oc2ccccc23)c1. The zero-order chi connectivity index (χ0) is 26.6. The third-order valence-electron chi connectivity index (χ3n) is 7.71. The van der Waals surface area contributed by atoms with Crippen molar-refractivity contribution in [3.63, 3.8) is 0 Å². The lowest BCUT2D eigenvalue weighted by Crippen LogP contribution is -1.88. The van der Waals surface area contributed by atoms with Gasteiger partial charge in [0.1, 0.15) is 11.2 Å². The molecule has 0 bridgehead atoms. The fraction of sp³-hybridized carbons (Fsp3) is 0. The molecule has 0 saturated carbocycles. The molecule has 2 heterocycles. The summed E-state index contributed by atoms with van der Waals surface area (Å²) in [6.45, 7) is 7.60. The lowest BCUT2D eigenvalue weighted by molar-refractivity contribution is 0.669. The van der Waals surface area contributed by atoms with Crippen molar-refractivity contribution in [1.82, 2.24) is 0 Å². The molecule has 0 saturated heterocycles. The van der Waals surface area contributed by atoms with Gasteiger partial charge >= 0.3 is 0 Å². The van der Waals surface area contributed by atoms with E-state index in [0.717, 1.165) is 49.8 Å². The van der Waals surface area contributed by atoms with E-state index in [9.17, 15) is 0 Å². The molecule has 2 nitrogen and oxygen atoms in total. The first kappa shape index (κ1) is 22.8. The number of fused-ring (bicyclic) bond motifs is 6. The molecular formula is C37H21NOS. The Kier molecular flexibility index (Phi) is 5.10. The number of hydrogen-bond donors (Lipinski definition) is 0. The Morgan fingerprint density at radius 3 is 2.15 bits per heavy atom. The molecule has 0 unspecified atom stereocenters. The summed E-state index contributed by atoms with van der Waals surface area (Å²) in [5.74, 6) is 0. The average Bonchev–Trinajstić information content (AvgIpc) is 3.58. The topological polar surface area (TPSA) is 17.5 Å². The Labute approximate surface area is 235 Å². The van der Waals surface area contributed by atoms with Crippen LogP contribution in [0.1, 0.15) is 0 Å². The highest BCUT2D eigenvalue weighted by Gasteiger charge is 2.16. The van der Waals surface area contributed by atoms with Gasteiger partial charge in [0, 0.05) is 30.9 Å². The molecule has 0 spiro atoms. The first-order chi connectivity index (χ1) is 19.8. The maximum Gasteiger partial charge on any atom is 0.187 e. The predicted molar refractivity (Wildman–Crippen MR) is 169 cm³/mol. The Bertz CT molecular complexity index is 2300. The minimum atomic E-state index is 0.632. The third kappa shape index (κ3) is 3.55. The lowest BCUT2D eigenvalue weighted by Gasteiger charge is -2.14. The molecule has 40 heavy (non-hydrogen) atoms. The number of rotatable bonds is 3. The van der Waals surface area contributed by atoms with Crippen LogP contribution in [0, 0.1) is 6.57 Å². The van der Waals surface area contributed by atoms with Gasteiger partial charge < -0.3 is 4.42 Å². The highest BCUT2D eigenvalue weighted by atomic mass is 32.1. The maximum atomic E-state index is 7.60. The fourth-order valence-corrected chi connectivity index (χ4v) is 6.99. The number of para-hydroxylation sites is 1. The van der Waals surface area contributed by atoms with Crippen LogP contribution in [0.4, 0.5) is 5.69 Å². The number of thiophene rings is 1. The summed E-state index contributed by atoms with van der Waals surface area (Å²) in [5.41, 5.74) is 9.09. The Morgan fingerprint density at radius 2 is 1.23 bits per heavy atom. The molecule has 8 rings (SSSR count). The van der Waals surface area contributed by atoms with Crippen molar-refractivity contribution < 1.29 is 4.42 Å². The van der Waals surface area contributed by atoms with E-state index in [1.54, 1.807) is 0 Å². The van der Waals surface area contributed by atoms with Gasteiger partial charge in [-0.25, -0.2) is 4.85 Å². The first-order valence-electron chi connectivity index (χ1n) is 13.2. The van der Waals surface area contributed by atoms with Crippen LogP contribution in [-0.2, 0) is 0 Å². The number of nitrogens with zero attached hydrogens (tertiary/aromatic N) is 1. The molecule has 0 atom stereocenters.